The number of hydrogen-bond donors (Lipinski definition) is 0. The lowest BCUT2D eigenvalue weighted by Gasteiger charge is -2.45. The minimum Gasteiger partial charge on any atom is -0.458 e. The third kappa shape index (κ3) is 2.05. The van der Waals surface area contributed by atoms with Gasteiger partial charge in [-0.25, -0.2) is 0 Å². The molecule has 0 unspecified atom stereocenters. The minimum absolute atomic E-state index is 0.0734. The molecule has 6 fully saturated rings. The van der Waals surface area contributed by atoms with Gasteiger partial charge in [0.25, 0.3) is 0 Å². The van der Waals surface area contributed by atoms with Crippen molar-refractivity contribution in [3.05, 3.63) is 0 Å². The molecule has 0 amide bonds. The number of ether oxygens (including phenoxy) is 5. The van der Waals surface area contributed by atoms with Crippen molar-refractivity contribution in [2.45, 2.75) is 69.4 Å². The molecule has 168 valence electrons. The van der Waals surface area contributed by atoms with Crippen molar-refractivity contribution in [2.75, 3.05) is 13.9 Å². The lowest BCUT2D eigenvalue weighted by molar-refractivity contribution is -0.177. The highest BCUT2D eigenvalue weighted by Gasteiger charge is 2.89. The summed E-state index contributed by atoms with van der Waals surface area (Å²) in [5, 5.41) is 0. The third-order valence-electron chi connectivity index (χ3n) is 9.19. The molecule has 1 spiro atoms. The molecule has 0 radical (unpaired) electrons. The molecular formula is C22H26O9. The summed E-state index contributed by atoms with van der Waals surface area (Å²) in [6.07, 6.45) is 1.44. The van der Waals surface area contributed by atoms with Crippen molar-refractivity contribution in [1.82, 2.24) is 0 Å². The Kier molecular flexibility index (Phi) is 3.60. The summed E-state index contributed by atoms with van der Waals surface area (Å²) in [6.45, 7) is 2.91. The molecule has 0 aromatic rings. The monoisotopic (exact) mass is 434 g/mol. The van der Waals surface area contributed by atoms with Gasteiger partial charge in [-0.1, -0.05) is 0 Å². The summed E-state index contributed by atoms with van der Waals surface area (Å²) in [7, 11) is 1.43. The number of fused-ring (bicyclic) bond motifs is 3. The van der Waals surface area contributed by atoms with Gasteiger partial charge in [0.1, 0.15) is 17.1 Å². The van der Waals surface area contributed by atoms with E-state index in [9.17, 15) is 19.2 Å². The Balaban J connectivity index is 1.51. The van der Waals surface area contributed by atoms with E-state index in [1.165, 1.54) is 14.0 Å². The van der Waals surface area contributed by atoms with Gasteiger partial charge in [-0.15, -0.1) is 0 Å². The summed E-state index contributed by atoms with van der Waals surface area (Å²) in [4.78, 5) is 51.7. The number of methoxy groups -OCH3 is 1. The van der Waals surface area contributed by atoms with Gasteiger partial charge in [0.15, 0.2) is 18.2 Å². The van der Waals surface area contributed by atoms with E-state index in [0.29, 0.717) is 19.3 Å². The van der Waals surface area contributed by atoms with E-state index < -0.39 is 45.8 Å². The van der Waals surface area contributed by atoms with Gasteiger partial charge in [0, 0.05) is 50.5 Å². The maximum Gasteiger partial charge on any atom is 0.315 e. The number of ketones is 1. The average molecular weight is 434 g/mol. The molecule has 6 aliphatic rings. The molecule has 6 rings (SSSR count). The third-order valence-corrected chi connectivity index (χ3v) is 9.19. The fourth-order valence-corrected chi connectivity index (χ4v) is 8.43. The lowest BCUT2D eigenvalue weighted by atomic mass is 9.60. The van der Waals surface area contributed by atoms with Gasteiger partial charge in [0.2, 0.25) is 0 Å². The highest BCUT2D eigenvalue weighted by Crippen LogP contribution is 2.79. The molecule has 0 N–H and O–H groups in total. The van der Waals surface area contributed by atoms with Crippen LogP contribution in [-0.2, 0) is 42.9 Å². The number of carbonyl (C=O) groups is 4. The first-order chi connectivity index (χ1) is 14.6. The van der Waals surface area contributed by atoms with Crippen LogP contribution in [0.2, 0.25) is 0 Å². The van der Waals surface area contributed by atoms with Gasteiger partial charge in [-0.2, -0.15) is 0 Å². The number of Topliss-reactive ketones (excluding diaryl/α,β-unsaturated/α-hetero) is 1. The summed E-state index contributed by atoms with van der Waals surface area (Å²) < 4.78 is 28.0. The zero-order valence-corrected chi connectivity index (χ0v) is 17.8. The second-order valence-electron chi connectivity index (χ2n) is 10.4. The molecule has 0 aromatic heterocycles. The van der Waals surface area contributed by atoms with Gasteiger partial charge < -0.3 is 23.7 Å². The Bertz CT molecular complexity index is 930. The van der Waals surface area contributed by atoms with E-state index in [-0.39, 0.29) is 49.5 Å². The summed E-state index contributed by atoms with van der Waals surface area (Å²) in [5.41, 5.74) is -3.83. The molecular weight excluding hydrogens is 408 g/mol. The van der Waals surface area contributed by atoms with Crippen molar-refractivity contribution >= 4 is 23.7 Å². The van der Waals surface area contributed by atoms with Crippen molar-refractivity contribution in [3.63, 3.8) is 0 Å². The second kappa shape index (κ2) is 5.67. The Labute approximate surface area is 179 Å². The van der Waals surface area contributed by atoms with Crippen LogP contribution in [0.25, 0.3) is 0 Å². The van der Waals surface area contributed by atoms with E-state index in [0.717, 1.165) is 0 Å². The van der Waals surface area contributed by atoms with Crippen LogP contribution in [0.15, 0.2) is 0 Å². The summed E-state index contributed by atoms with van der Waals surface area (Å²) in [6, 6.07) is 0. The first-order valence-corrected chi connectivity index (χ1v) is 10.9. The molecule has 0 aromatic carbocycles. The van der Waals surface area contributed by atoms with Crippen LogP contribution in [0.3, 0.4) is 0 Å². The summed E-state index contributed by atoms with van der Waals surface area (Å²) >= 11 is 0. The van der Waals surface area contributed by atoms with Crippen LogP contribution in [0, 0.1) is 28.6 Å². The quantitative estimate of drug-likeness (QED) is 0.275. The standard InChI is InChI=1S/C22H26O9/c1-10(23)30-21-5-4-12-20(8-21,7-13(21)24)14(17(25)28-9-27-3)15-19(2)16-11(29-16)6-22(12,15)31-18(19)26/h11-12,14-16H,4-9H2,1-3H3/t11-,12+,14+,15+,16-,19-,20-,21-,22+/m0/s1. The highest BCUT2D eigenvalue weighted by atomic mass is 16.7. The van der Waals surface area contributed by atoms with E-state index >= 15 is 0 Å². The maximum atomic E-state index is 13.5. The SMILES string of the molecule is COCOC(=O)[C@H]1[C@H]2[C@@]3(C[C@@H]4O[C@@H]4[C@@]2(C)C(=O)O3)[C@@H]2CC[C@]3(OC(C)=O)C[C@@]21CC3=O. The van der Waals surface area contributed by atoms with Crippen LogP contribution in [0.4, 0.5) is 0 Å². The number of rotatable bonds is 4. The predicted molar refractivity (Wildman–Crippen MR) is 99.1 cm³/mol. The van der Waals surface area contributed by atoms with E-state index in [2.05, 4.69) is 0 Å². The normalized spacial score (nSPS) is 52.7. The molecule has 4 saturated carbocycles. The van der Waals surface area contributed by atoms with Crippen LogP contribution < -0.4 is 0 Å². The van der Waals surface area contributed by atoms with Crippen LogP contribution in [-0.4, -0.2) is 61.0 Å². The zero-order valence-electron chi connectivity index (χ0n) is 17.8. The number of hydrogen-bond acceptors (Lipinski definition) is 9. The Hall–Kier alpha value is -2.00. The highest BCUT2D eigenvalue weighted by molar-refractivity contribution is 5.95. The van der Waals surface area contributed by atoms with Crippen molar-refractivity contribution in [1.29, 1.82) is 0 Å². The maximum absolute atomic E-state index is 13.5. The largest absolute Gasteiger partial charge is 0.458 e. The smallest absolute Gasteiger partial charge is 0.315 e. The average Bonchev–Trinajstić information content (AvgIpc) is 3.34. The molecule has 2 aliphatic heterocycles. The lowest BCUT2D eigenvalue weighted by Crippen LogP contribution is -2.51. The molecule has 9 heteroatoms. The van der Waals surface area contributed by atoms with Gasteiger partial charge in [0.05, 0.1) is 12.0 Å². The zero-order chi connectivity index (χ0) is 22.0. The number of carbonyl (C=O) groups excluding carboxylic acids is 4. The first-order valence-electron chi connectivity index (χ1n) is 10.9. The predicted octanol–water partition coefficient (Wildman–Crippen LogP) is 0.914. The van der Waals surface area contributed by atoms with Crippen molar-refractivity contribution < 1.29 is 42.9 Å². The molecule has 4 aliphatic carbocycles. The van der Waals surface area contributed by atoms with Crippen LogP contribution in [0.1, 0.15) is 46.0 Å². The van der Waals surface area contributed by atoms with E-state index in [1.807, 2.05) is 6.92 Å². The molecule has 4 bridgehead atoms. The van der Waals surface area contributed by atoms with Crippen LogP contribution >= 0.6 is 0 Å². The topological polar surface area (TPSA) is 118 Å². The second-order valence-corrected chi connectivity index (χ2v) is 10.4. The minimum atomic E-state index is -1.21. The van der Waals surface area contributed by atoms with Gasteiger partial charge in [-0.3, -0.25) is 19.2 Å². The van der Waals surface area contributed by atoms with Crippen LogP contribution in [0.5, 0.6) is 0 Å². The van der Waals surface area contributed by atoms with Gasteiger partial charge in [-0.05, 0) is 19.8 Å². The Morgan fingerprint density at radius 3 is 2.74 bits per heavy atom. The van der Waals surface area contributed by atoms with Crippen molar-refractivity contribution in [3.8, 4) is 0 Å². The molecule has 31 heavy (non-hydrogen) atoms. The Morgan fingerprint density at radius 2 is 2.03 bits per heavy atom. The fraction of sp³-hybridized carbons (Fsp3) is 0.818. The molecule has 2 heterocycles. The first kappa shape index (κ1) is 19.7. The Morgan fingerprint density at radius 1 is 1.26 bits per heavy atom. The fourth-order valence-electron chi connectivity index (χ4n) is 8.43. The molecule has 2 saturated heterocycles. The molecule has 9 atom stereocenters. The summed E-state index contributed by atoms with van der Waals surface area (Å²) in [5.74, 6) is -2.88. The van der Waals surface area contributed by atoms with Crippen molar-refractivity contribution in [2.24, 2.45) is 28.6 Å². The molecule has 9 nitrogen and oxygen atoms in total. The van der Waals surface area contributed by atoms with E-state index in [1.54, 1.807) is 0 Å². The van der Waals surface area contributed by atoms with Gasteiger partial charge >= 0.3 is 17.9 Å². The number of esters is 3. The van der Waals surface area contributed by atoms with E-state index in [4.69, 9.17) is 23.7 Å². The number of epoxide rings is 1.